The molecule has 0 spiro atoms. The summed E-state index contributed by atoms with van der Waals surface area (Å²) in [5.41, 5.74) is 2.99. The minimum atomic E-state index is -0.166. The lowest BCUT2D eigenvalue weighted by Gasteiger charge is -2.09. The predicted octanol–water partition coefficient (Wildman–Crippen LogP) is 4.39. The van der Waals surface area contributed by atoms with Gasteiger partial charge in [-0.3, -0.25) is 9.89 Å². The van der Waals surface area contributed by atoms with Gasteiger partial charge >= 0.3 is 0 Å². The van der Waals surface area contributed by atoms with Crippen molar-refractivity contribution in [3.05, 3.63) is 90.5 Å². The third-order valence-corrected chi connectivity index (χ3v) is 3.98. The third-order valence-electron chi connectivity index (χ3n) is 3.98. The highest BCUT2D eigenvalue weighted by Gasteiger charge is 2.13. The zero-order chi connectivity index (χ0) is 17.8. The fraction of sp³-hybridized carbons (Fsp3) is 0. The molecule has 126 valence electrons. The summed E-state index contributed by atoms with van der Waals surface area (Å²) in [6, 6.07) is 26.4. The highest BCUT2D eigenvalue weighted by atomic mass is 16.1. The van der Waals surface area contributed by atoms with Crippen LogP contribution in [0.15, 0.2) is 84.9 Å². The molecule has 2 N–H and O–H groups in total. The Morgan fingerprint density at radius 3 is 2.23 bits per heavy atom. The maximum atomic E-state index is 12.5. The fourth-order valence-corrected chi connectivity index (χ4v) is 2.68. The number of H-pyrrole nitrogens is 1. The first-order valence-corrected chi connectivity index (χ1v) is 8.25. The molecule has 0 fully saturated rings. The van der Waals surface area contributed by atoms with Crippen molar-refractivity contribution in [1.82, 2.24) is 15.2 Å². The van der Waals surface area contributed by atoms with Crippen molar-refractivity contribution in [2.75, 3.05) is 5.32 Å². The van der Waals surface area contributed by atoms with Gasteiger partial charge in [0.2, 0.25) is 0 Å². The van der Waals surface area contributed by atoms with Crippen molar-refractivity contribution in [2.24, 2.45) is 0 Å². The van der Waals surface area contributed by atoms with Gasteiger partial charge in [0.1, 0.15) is 0 Å². The number of carbonyl (C=O) groups excluding carboxylic acids is 1. The fourth-order valence-electron chi connectivity index (χ4n) is 2.68. The van der Waals surface area contributed by atoms with Crippen molar-refractivity contribution in [3.8, 4) is 22.8 Å². The molecule has 4 rings (SSSR count). The molecule has 4 aromatic rings. The number of anilines is 1. The minimum Gasteiger partial charge on any atom is -0.321 e. The number of carbonyl (C=O) groups is 1. The average molecular weight is 340 g/mol. The van der Waals surface area contributed by atoms with Gasteiger partial charge in [-0.1, -0.05) is 60.7 Å². The molecule has 0 saturated heterocycles. The highest BCUT2D eigenvalue weighted by molar-refractivity contribution is 6.06. The standard InChI is InChI=1S/C21H16N4O/c26-21(16-11-5-2-6-12-16)22-18-14-8-7-13-17(18)20-23-19(24-25-20)15-9-3-1-4-10-15/h1-14H,(H,22,26)(H,23,24,25). The van der Waals surface area contributed by atoms with Crippen molar-refractivity contribution < 1.29 is 4.79 Å². The van der Waals surface area contributed by atoms with E-state index in [1.807, 2.05) is 72.8 Å². The third kappa shape index (κ3) is 3.23. The molecule has 0 aliphatic heterocycles. The minimum absolute atomic E-state index is 0.166. The number of para-hydroxylation sites is 1. The van der Waals surface area contributed by atoms with E-state index in [1.54, 1.807) is 12.1 Å². The number of rotatable bonds is 4. The molecule has 0 radical (unpaired) electrons. The van der Waals surface area contributed by atoms with Gasteiger partial charge < -0.3 is 5.32 Å². The van der Waals surface area contributed by atoms with Gasteiger partial charge in [-0.2, -0.15) is 5.10 Å². The molecule has 0 unspecified atom stereocenters. The Labute approximate surface area is 150 Å². The van der Waals surface area contributed by atoms with Gasteiger partial charge in [0, 0.05) is 16.7 Å². The van der Waals surface area contributed by atoms with Crippen molar-refractivity contribution in [1.29, 1.82) is 0 Å². The lowest BCUT2D eigenvalue weighted by molar-refractivity contribution is 0.102. The molecule has 3 aromatic carbocycles. The summed E-state index contributed by atoms with van der Waals surface area (Å²) >= 11 is 0. The lowest BCUT2D eigenvalue weighted by Crippen LogP contribution is -2.12. The maximum Gasteiger partial charge on any atom is 0.255 e. The Morgan fingerprint density at radius 2 is 1.46 bits per heavy atom. The lowest BCUT2D eigenvalue weighted by atomic mass is 10.1. The van der Waals surface area contributed by atoms with Crippen LogP contribution in [0, 0.1) is 0 Å². The van der Waals surface area contributed by atoms with E-state index in [9.17, 15) is 4.79 Å². The van der Waals surface area contributed by atoms with E-state index in [2.05, 4.69) is 20.5 Å². The molecule has 0 saturated carbocycles. The summed E-state index contributed by atoms with van der Waals surface area (Å²) in [4.78, 5) is 17.0. The van der Waals surface area contributed by atoms with Crippen molar-refractivity contribution >= 4 is 11.6 Å². The number of benzene rings is 3. The second kappa shape index (κ2) is 7.03. The zero-order valence-corrected chi connectivity index (χ0v) is 13.9. The van der Waals surface area contributed by atoms with E-state index in [-0.39, 0.29) is 5.91 Å². The quantitative estimate of drug-likeness (QED) is 0.579. The van der Waals surface area contributed by atoms with Crippen LogP contribution in [0.3, 0.4) is 0 Å². The molecule has 0 aliphatic rings. The van der Waals surface area contributed by atoms with Crippen LogP contribution in [-0.2, 0) is 0 Å². The number of aromatic nitrogens is 3. The number of hydrogen-bond acceptors (Lipinski definition) is 3. The van der Waals surface area contributed by atoms with E-state index in [1.165, 1.54) is 0 Å². The molecule has 0 bridgehead atoms. The Bertz CT molecular complexity index is 1030. The zero-order valence-electron chi connectivity index (χ0n) is 13.9. The van der Waals surface area contributed by atoms with Crippen LogP contribution in [0.4, 0.5) is 5.69 Å². The van der Waals surface area contributed by atoms with Crippen LogP contribution in [0.2, 0.25) is 0 Å². The van der Waals surface area contributed by atoms with E-state index in [4.69, 9.17) is 0 Å². The Hall–Kier alpha value is -3.73. The first kappa shape index (κ1) is 15.8. The first-order valence-electron chi connectivity index (χ1n) is 8.25. The van der Waals surface area contributed by atoms with Crippen LogP contribution >= 0.6 is 0 Å². The molecular weight excluding hydrogens is 324 g/mol. The van der Waals surface area contributed by atoms with E-state index in [0.29, 0.717) is 22.9 Å². The van der Waals surface area contributed by atoms with Crippen LogP contribution in [0.5, 0.6) is 0 Å². The summed E-state index contributed by atoms with van der Waals surface area (Å²) in [7, 11) is 0. The number of amides is 1. The van der Waals surface area contributed by atoms with Gasteiger partial charge in [-0.25, -0.2) is 4.98 Å². The Morgan fingerprint density at radius 1 is 0.808 bits per heavy atom. The van der Waals surface area contributed by atoms with Gasteiger partial charge in [0.05, 0.1) is 5.69 Å². The van der Waals surface area contributed by atoms with Crippen LogP contribution in [-0.4, -0.2) is 21.1 Å². The van der Waals surface area contributed by atoms with E-state index < -0.39 is 0 Å². The van der Waals surface area contributed by atoms with Crippen LogP contribution in [0.25, 0.3) is 22.8 Å². The van der Waals surface area contributed by atoms with Gasteiger partial charge in [-0.15, -0.1) is 0 Å². The first-order chi connectivity index (χ1) is 12.8. The average Bonchev–Trinajstić information content (AvgIpc) is 3.20. The maximum absolute atomic E-state index is 12.5. The normalized spacial score (nSPS) is 10.5. The number of aromatic amines is 1. The molecule has 1 heterocycles. The summed E-state index contributed by atoms with van der Waals surface area (Å²) < 4.78 is 0. The number of hydrogen-bond donors (Lipinski definition) is 2. The van der Waals surface area contributed by atoms with Crippen molar-refractivity contribution in [2.45, 2.75) is 0 Å². The molecule has 26 heavy (non-hydrogen) atoms. The molecule has 5 heteroatoms. The molecule has 1 amide bonds. The van der Waals surface area contributed by atoms with E-state index in [0.717, 1.165) is 11.1 Å². The monoisotopic (exact) mass is 340 g/mol. The molecule has 0 aliphatic carbocycles. The van der Waals surface area contributed by atoms with Crippen LogP contribution in [0.1, 0.15) is 10.4 Å². The van der Waals surface area contributed by atoms with E-state index >= 15 is 0 Å². The van der Waals surface area contributed by atoms with Gasteiger partial charge in [0.25, 0.3) is 5.91 Å². The summed E-state index contributed by atoms with van der Waals surface area (Å²) in [5.74, 6) is 1.05. The smallest absolute Gasteiger partial charge is 0.255 e. The summed E-state index contributed by atoms with van der Waals surface area (Å²) in [6.07, 6.45) is 0. The summed E-state index contributed by atoms with van der Waals surface area (Å²) in [5, 5.41) is 10.2. The molecular formula is C21H16N4O. The number of nitrogens with zero attached hydrogens (tertiary/aromatic N) is 2. The van der Waals surface area contributed by atoms with Gasteiger partial charge in [0.15, 0.2) is 11.6 Å². The van der Waals surface area contributed by atoms with Crippen molar-refractivity contribution in [3.63, 3.8) is 0 Å². The molecule has 0 atom stereocenters. The predicted molar refractivity (Wildman–Crippen MR) is 102 cm³/mol. The topological polar surface area (TPSA) is 70.7 Å². The largest absolute Gasteiger partial charge is 0.321 e. The molecule has 5 nitrogen and oxygen atoms in total. The van der Waals surface area contributed by atoms with Gasteiger partial charge in [-0.05, 0) is 24.3 Å². The second-order valence-corrected chi connectivity index (χ2v) is 5.74. The highest BCUT2D eigenvalue weighted by Crippen LogP contribution is 2.27. The summed E-state index contributed by atoms with van der Waals surface area (Å²) in [6.45, 7) is 0. The van der Waals surface area contributed by atoms with Crippen LogP contribution < -0.4 is 5.32 Å². The Kier molecular flexibility index (Phi) is 4.26. The SMILES string of the molecule is O=C(Nc1ccccc1-c1nc(-c2ccccc2)n[nH]1)c1ccccc1. The number of nitrogens with one attached hydrogen (secondary N) is 2. The Balaban J connectivity index is 1.64. The second-order valence-electron chi connectivity index (χ2n) is 5.74. The molecule has 1 aromatic heterocycles.